The number of rotatable bonds is 4. The van der Waals surface area contributed by atoms with Gasteiger partial charge in [0, 0.05) is 5.88 Å². The van der Waals surface area contributed by atoms with Gasteiger partial charge in [0.15, 0.2) is 0 Å². The van der Waals surface area contributed by atoms with Crippen LogP contribution in [0.1, 0.15) is 13.3 Å². The van der Waals surface area contributed by atoms with Crippen LogP contribution in [0.2, 0.25) is 12.6 Å². The molecule has 0 fully saturated rings. The van der Waals surface area contributed by atoms with Crippen LogP contribution < -0.4 is 0 Å². The molecule has 0 aliphatic heterocycles. The van der Waals surface area contributed by atoms with Crippen molar-refractivity contribution in [3.05, 3.63) is 11.8 Å². The van der Waals surface area contributed by atoms with Crippen LogP contribution in [0.4, 0.5) is 0 Å². The number of hydrogen-bond acceptors (Lipinski definition) is 0. The van der Waals surface area contributed by atoms with E-state index in [1.54, 1.807) is 0 Å². The third-order valence-corrected chi connectivity index (χ3v) is 4.24. The molecule has 9 heavy (non-hydrogen) atoms. The lowest BCUT2D eigenvalue weighted by molar-refractivity contribution is 1.07. The van der Waals surface area contributed by atoms with Gasteiger partial charge in [0.2, 0.25) is 0 Å². The first-order valence-electron chi connectivity index (χ1n) is 3.22. The minimum absolute atomic E-state index is 0.248. The molecular weight excluding hydrogens is 148 g/mol. The fraction of sp³-hybridized carbons (Fsp3) is 0.714. The summed E-state index contributed by atoms with van der Waals surface area (Å²) in [5, 5.41) is 1.37. The van der Waals surface area contributed by atoms with Gasteiger partial charge in [-0.15, -0.1) is 11.6 Å². The molecule has 0 aromatic rings. The van der Waals surface area contributed by atoms with Crippen LogP contribution in [0.25, 0.3) is 0 Å². The maximum atomic E-state index is 5.54. The van der Waals surface area contributed by atoms with E-state index in [0.29, 0.717) is 0 Å². The highest BCUT2D eigenvalue weighted by atomic mass is 35.5. The second-order valence-electron chi connectivity index (χ2n) is 2.35. The molecule has 0 aromatic carbocycles. The average Bonchev–Trinajstić information content (AvgIpc) is 1.82. The third kappa shape index (κ3) is 4.73. The Bertz CT molecular complexity index is 90.9. The predicted molar refractivity (Wildman–Crippen MR) is 46.6 cm³/mol. The topological polar surface area (TPSA) is 0 Å². The zero-order valence-corrected chi connectivity index (χ0v) is 7.96. The predicted octanol–water partition coefficient (Wildman–Crippen LogP) is 2.86. The fourth-order valence-corrected chi connectivity index (χ4v) is 2.04. The first kappa shape index (κ1) is 9.25. The molecule has 0 heterocycles. The van der Waals surface area contributed by atoms with Gasteiger partial charge < -0.3 is 0 Å². The van der Waals surface area contributed by atoms with Crippen molar-refractivity contribution in [2.24, 2.45) is 0 Å². The van der Waals surface area contributed by atoms with Crippen LogP contribution in [-0.4, -0.2) is 14.7 Å². The largest absolute Gasteiger partial charge is 0.343 e. The molecule has 0 saturated heterocycles. The number of hydrogen-bond donors (Lipinski definition) is 0. The van der Waals surface area contributed by atoms with E-state index in [2.05, 4.69) is 20.0 Å². The molecule has 0 radical (unpaired) electrons. The van der Waals surface area contributed by atoms with Gasteiger partial charge in [-0.05, 0) is 13.3 Å². The number of halogens is 1. The van der Waals surface area contributed by atoms with Crippen molar-refractivity contribution in [1.29, 1.82) is 0 Å². The van der Waals surface area contributed by atoms with Gasteiger partial charge in [-0.3, -0.25) is 0 Å². The molecule has 0 aliphatic carbocycles. The van der Waals surface area contributed by atoms with E-state index in [1.807, 2.05) is 0 Å². The van der Waals surface area contributed by atoms with Crippen molar-refractivity contribution in [2.75, 3.05) is 5.88 Å². The Morgan fingerprint density at radius 2 is 2.22 bits per heavy atom. The van der Waals surface area contributed by atoms with Gasteiger partial charge in [-0.1, -0.05) is 6.58 Å². The summed E-state index contributed by atoms with van der Waals surface area (Å²) in [6, 6.07) is 1.28. The molecule has 52 valence electrons. The van der Waals surface area contributed by atoms with Crippen molar-refractivity contribution < 1.29 is 0 Å². The van der Waals surface area contributed by atoms with E-state index in [-0.39, 0.29) is 8.80 Å². The smallest absolute Gasteiger partial charge is 0.127 e. The Labute approximate surface area is 64.5 Å². The van der Waals surface area contributed by atoms with Crippen molar-refractivity contribution in [2.45, 2.75) is 25.9 Å². The van der Waals surface area contributed by atoms with E-state index in [0.717, 1.165) is 12.3 Å². The number of alkyl halides is 1. The Kier molecular flexibility index (Phi) is 5.20. The van der Waals surface area contributed by atoms with Crippen LogP contribution >= 0.6 is 11.6 Å². The van der Waals surface area contributed by atoms with E-state index >= 15 is 0 Å². The summed E-state index contributed by atoms with van der Waals surface area (Å²) in [6.45, 7) is 8.31. The second-order valence-corrected chi connectivity index (χ2v) is 5.65. The maximum Gasteiger partial charge on any atom is 0.343 e. The molecule has 0 bridgehead atoms. The summed E-state index contributed by atoms with van der Waals surface area (Å²) >= 11 is 5.54. The first-order valence-corrected chi connectivity index (χ1v) is 5.97. The zero-order valence-electron chi connectivity index (χ0n) is 6.21. The summed E-state index contributed by atoms with van der Waals surface area (Å²) < 4.78 is 0. The molecule has 0 saturated carbocycles. The lowest BCUT2D eigenvalue weighted by atomic mass is 10.6. The Morgan fingerprint density at radius 3 is 2.56 bits per heavy atom. The molecule has 0 rings (SSSR count). The lowest BCUT2D eigenvalue weighted by Crippen LogP contribution is -2.07. The minimum Gasteiger partial charge on any atom is -0.127 e. The van der Waals surface area contributed by atoms with Crippen LogP contribution in [-0.2, 0) is 0 Å². The van der Waals surface area contributed by atoms with Crippen molar-refractivity contribution in [3.8, 4) is 0 Å². The third-order valence-electron chi connectivity index (χ3n) is 1.41. The SMILES string of the molecule is C=C(C)[Si+](C)CCCCl. The van der Waals surface area contributed by atoms with Gasteiger partial charge >= 0.3 is 8.80 Å². The highest BCUT2D eigenvalue weighted by molar-refractivity contribution is 6.65. The summed E-state index contributed by atoms with van der Waals surface area (Å²) in [6.07, 6.45) is 1.15. The van der Waals surface area contributed by atoms with Gasteiger partial charge in [0.05, 0.1) is 17.8 Å². The summed E-state index contributed by atoms with van der Waals surface area (Å²) in [5.41, 5.74) is 0. The summed E-state index contributed by atoms with van der Waals surface area (Å²) in [5.74, 6) is 0.801. The van der Waals surface area contributed by atoms with Crippen LogP contribution in [0.15, 0.2) is 11.8 Å². The maximum absolute atomic E-state index is 5.54. The monoisotopic (exact) mass is 161 g/mol. The molecule has 2 heteroatoms. The molecule has 0 atom stereocenters. The van der Waals surface area contributed by atoms with Gasteiger partial charge in [0.1, 0.15) is 0 Å². The minimum atomic E-state index is -0.248. The van der Waals surface area contributed by atoms with Gasteiger partial charge in [0.25, 0.3) is 0 Å². The molecule has 0 unspecified atom stereocenters. The number of allylic oxidation sites excluding steroid dienone is 1. The Morgan fingerprint density at radius 1 is 1.67 bits per heavy atom. The average molecular weight is 162 g/mol. The van der Waals surface area contributed by atoms with E-state index in [9.17, 15) is 0 Å². The zero-order chi connectivity index (χ0) is 7.28. The Balaban J connectivity index is 3.27. The molecule has 0 aromatic heterocycles. The van der Waals surface area contributed by atoms with E-state index in [1.165, 1.54) is 11.2 Å². The lowest BCUT2D eigenvalue weighted by Gasteiger charge is -1.91. The second kappa shape index (κ2) is 5.07. The van der Waals surface area contributed by atoms with E-state index < -0.39 is 0 Å². The van der Waals surface area contributed by atoms with Crippen LogP contribution in [0, 0.1) is 0 Å². The van der Waals surface area contributed by atoms with E-state index in [4.69, 9.17) is 11.6 Å². The van der Waals surface area contributed by atoms with Crippen molar-refractivity contribution in [1.82, 2.24) is 0 Å². The van der Waals surface area contributed by atoms with Crippen LogP contribution in [0.5, 0.6) is 0 Å². The van der Waals surface area contributed by atoms with Gasteiger partial charge in [-0.25, -0.2) is 0 Å². The molecule has 0 amide bonds. The highest BCUT2D eigenvalue weighted by Crippen LogP contribution is 2.05. The highest BCUT2D eigenvalue weighted by Gasteiger charge is 2.19. The van der Waals surface area contributed by atoms with Gasteiger partial charge in [-0.2, -0.15) is 0 Å². The summed E-state index contributed by atoms with van der Waals surface area (Å²) in [7, 11) is -0.248. The first-order chi connectivity index (χ1) is 4.18. The van der Waals surface area contributed by atoms with Crippen molar-refractivity contribution >= 4 is 20.4 Å². The molecule has 0 aliphatic rings. The quantitative estimate of drug-likeness (QED) is 0.440. The van der Waals surface area contributed by atoms with Crippen molar-refractivity contribution in [3.63, 3.8) is 0 Å². The van der Waals surface area contributed by atoms with Crippen LogP contribution in [0.3, 0.4) is 0 Å². The fourth-order valence-electron chi connectivity index (χ4n) is 0.545. The molecule has 0 N–H and O–H groups in total. The Hall–Kier alpha value is 0.247. The molecule has 0 nitrogen and oxygen atoms in total. The molecular formula is C7H14ClSi+. The normalized spacial score (nSPS) is 9.22. The standard InChI is InChI=1S/C7H14ClSi/c1-7(2)9(3)6-4-5-8/h1,4-6H2,2-3H3/q+1. The molecule has 0 spiro atoms. The summed E-state index contributed by atoms with van der Waals surface area (Å²) in [4.78, 5) is 0.